The maximum atomic E-state index is 10.9. The van der Waals surface area contributed by atoms with E-state index in [9.17, 15) is 9.59 Å². The lowest BCUT2D eigenvalue weighted by Crippen LogP contribution is -1.98. The van der Waals surface area contributed by atoms with Crippen molar-refractivity contribution in [2.45, 2.75) is 20.3 Å². The number of carbonyl (C=O) groups excluding carboxylic acids is 2. The van der Waals surface area contributed by atoms with Crippen molar-refractivity contribution in [1.29, 1.82) is 0 Å². The molecule has 0 heterocycles. The smallest absolute Gasteiger partial charge is 0.330 e. The third kappa shape index (κ3) is 7.44. The van der Waals surface area contributed by atoms with Gasteiger partial charge in [-0.1, -0.05) is 36.8 Å². The first-order chi connectivity index (χ1) is 8.51. The minimum absolute atomic E-state index is 0.192. The van der Waals surface area contributed by atoms with Gasteiger partial charge in [0.2, 0.25) is 0 Å². The van der Waals surface area contributed by atoms with Crippen LogP contribution in [-0.2, 0) is 19.1 Å². The highest BCUT2D eigenvalue weighted by Gasteiger charge is 2.00. The van der Waals surface area contributed by atoms with Crippen molar-refractivity contribution in [1.82, 2.24) is 0 Å². The van der Waals surface area contributed by atoms with E-state index < -0.39 is 0 Å². The van der Waals surface area contributed by atoms with E-state index in [1.807, 2.05) is 26.0 Å². The molecular weight excluding hydrogens is 232 g/mol. The summed E-state index contributed by atoms with van der Waals surface area (Å²) >= 11 is 0. The average Bonchev–Trinajstić information content (AvgIpc) is 2.37. The molecule has 0 N–H and O–H groups in total. The van der Waals surface area contributed by atoms with Gasteiger partial charge in [0.25, 0.3) is 0 Å². The van der Waals surface area contributed by atoms with Gasteiger partial charge < -0.3 is 9.47 Å². The van der Waals surface area contributed by atoms with E-state index in [1.54, 1.807) is 12.2 Å². The number of hydrogen-bond donors (Lipinski definition) is 0. The lowest BCUT2D eigenvalue weighted by atomic mass is 10.0. The normalized spacial score (nSPS) is 13.9. The number of rotatable bonds is 6. The fraction of sp³-hybridized carbons (Fsp3) is 0.429. The van der Waals surface area contributed by atoms with Gasteiger partial charge >= 0.3 is 11.9 Å². The summed E-state index contributed by atoms with van der Waals surface area (Å²) in [6.07, 6.45) is 8.81. The topological polar surface area (TPSA) is 52.6 Å². The van der Waals surface area contributed by atoms with Crippen LogP contribution in [0.1, 0.15) is 20.3 Å². The van der Waals surface area contributed by atoms with E-state index in [0.29, 0.717) is 0 Å². The lowest BCUT2D eigenvalue weighted by molar-refractivity contribution is -0.139. The molecule has 0 amide bonds. The molecule has 0 radical (unpaired) electrons. The van der Waals surface area contributed by atoms with Crippen LogP contribution in [0, 0.1) is 5.92 Å². The van der Waals surface area contributed by atoms with Gasteiger partial charge in [0, 0.05) is 6.08 Å². The monoisotopic (exact) mass is 252 g/mol. The minimum atomic E-state index is -0.382. The highest BCUT2D eigenvalue weighted by Crippen LogP contribution is 2.11. The zero-order valence-corrected chi connectivity index (χ0v) is 11.3. The highest BCUT2D eigenvalue weighted by molar-refractivity contribution is 5.82. The maximum Gasteiger partial charge on any atom is 0.330 e. The summed E-state index contributed by atoms with van der Waals surface area (Å²) in [6.45, 7) is 3.96. The van der Waals surface area contributed by atoms with Crippen LogP contribution in [0.25, 0.3) is 0 Å². The van der Waals surface area contributed by atoms with Gasteiger partial charge in [0.15, 0.2) is 0 Å². The van der Waals surface area contributed by atoms with Crippen molar-refractivity contribution in [3.05, 3.63) is 36.0 Å². The summed E-state index contributed by atoms with van der Waals surface area (Å²) in [5.74, 6) is -0.449. The standard InChI is InChI=1S/C14H20O4/c1-11(7-5-9-13(15)17-3)12(2)8-6-10-14(16)18-4/h5-9,12H,10H2,1-4H3. The predicted octanol–water partition coefficient (Wildman–Crippen LogP) is 2.42. The number of ether oxygens (including phenoxy) is 2. The Labute approximate surface area is 108 Å². The minimum Gasteiger partial charge on any atom is -0.469 e. The Balaban J connectivity index is 4.28. The van der Waals surface area contributed by atoms with Crippen molar-refractivity contribution in [2.24, 2.45) is 5.92 Å². The molecule has 0 saturated heterocycles. The van der Waals surface area contributed by atoms with Crippen molar-refractivity contribution in [3.8, 4) is 0 Å². The Hall–Kier alpha value is -1.84. The van der Waals surface area contributed by atoms with E-state index in [1.165, 1.54) is 20.3 Å². The molecule has 4 nitrogen and oxygen atoms in total. The van der Waals surface area contributed by atoms with Gasteiger partial charge in [-0.2, -0.15) is 0 Å². The predicted molar refractivity (Wildman–Crippen MR) is 69.9 cm³/mol. The average molecular weight is 252 g/mol. The zero-order chi connectivity index (χ0) is 14.0. The van der Waals surface area contributed by atoms with Crippen LogP contribution in [0.4, 0.5) is 0 Å². The number of methoxy groups -OCH3 is 2. The molecule has 0 aliphatic carbocycles. The van der Waals surface area contributed by atoms with Crippen LogP contribution in [0.2, 0.25) is 0 Å². The van der Waals surface area contributed by atoms with E-state index in [0.717, 1.165) is 5.57 Å². The van der Waals surface area contributed by atoms with Gasteiger partial charge in [0.1, 0.15) is 0 Å². The molecule has 0 aromatic rings. The van der Waals surface area contributed by atoms with Crippen LogP contribution >= 0.6 is 0 Å². The van der Waals surface area contributed by atoms with E-state index in [-0.39, 0.29) is 24.3 Å². The molecule has 4 heteroatoms. The summed E-state index contributed by atoms with van der Waals surface area (Å²) in [5.41, 5.74) is 1.08. The molecule has 0 bridgehead atoms. The van der Waals surface area contributed by atoms with Gasteiger partial charge in [-0.3, -0.25) is 4.79 Å². The molecule has 0 aromatic carbocycles. The first-order valence-electron chi connectivity index (χ1n) is 5.67. The van der Waals surface area contributed by atoms with E-state index >= 15 is 0 Å². The molecule has 1 atom stereocenters. The Kier molecular flexibility index (Phi) is 8.27. The van der Waals surface area contributed by atoms with Crippen LogP contribution in [0.15, 0.2) is 36.0 Å². The molecule has 0 aromatic heterocycles. The molecule has 1 unspecified atom stereocenters. The number of hydrogen-bond acceptors (Lipinski definition) is 4. The van der Waals surface area contributed by atoms with E-state index in [4.69, 9.17) is 0 Å². The number of carbonyl (C=O) groups is 2. The molecule has 0 saturated carbocycles. The zero-order valence-electron chi connectivity index (χ0n) is 11.3. The number of allylic oxidation sites excluding steroid dienone is 4. The lowest BCUT2D eigenvalue weighted by Gasteiger charge is -2.05. The van der Waals surface area contributed by atoms with Gasteiger partial charge in [-0.05, 0) is 12.8 Å². The maximum absolute atomic E-state index is 10.9. The fourth-order valence-electron chi connectivity index (χ4n) is 1.10. The second-order valence-electron chi connectivity index (χ2n) is 3.79. The molecule has 18 heavy (non-hydrogen) atoms. The van der Waals surface area contributed by atoms with Crippen LogP contribution in [-0.4, -0.2) is 26.2 Å². The fourth-order valence-corrected chi connectivity index (χ4v) is 1.10. The van der Waals surface area contributed by atoms with Gasteiger partial charge in [-0.15, -0.1) is 0 Å². The molecule has 0 spiro atoms. The Morgan fingerprint density at radius 1 is 1.22 bits per heavy atom. The Bertz CT molecular complexity index is 364. The van der Waals surface area contributed by atoms with Crippen LogP contribution in [0.3, 0.4) is 0 Å². The van der Waals surface area contributed by atoms with Gasteiger partial charge in [0.05, 0.1) is 20.6 Å². The van der Waals surface area contributed by atoms with Crippen molar-refractivity contribution in [3.63, 3.8) is 0 Å². The molecule has 0 aliphatic heterocycles. The Morgan fingerprint density at radius 3 is 2.44 bits per heavy atom. The third-order valence-electron chi connectivity index (χ3n) is 2.45. The molecule has 0 fully saturated rings. The Morgan fingerprint density at radius 2 is 1.89 bits per heavy atom. The van der Waals surface area contributed by atoms with Gasteiger partial charge in [-0.25, -0.2) is 4.79 Å². The highest BCUT2D eigenvalue weighted by atomic mass is 16.5. The molecular formula is C14H20O4. The number of esters is 2. The SMILES string of the molecule is COC(=O)C=CC=C(C)C(C)C=CCC(=O)OC. The quantitative estimate of drug-likeness (QED) is 0.315. The molecule has 0 rings (SSSR count). The summed E-state index contributed by atoms with van der Waals surface area (Å²) in [6, 6.07) is 0. The second kappa shape index (κ2) is 9.22. The summed E-state index contributed by atoms with van der Waals surface area (Å²) in [5, 5.41) is 0. The molecule has 100 valence electrons. The van der Waals surface area contributed by atoms with Crippen molar-refractivity contribution in [2.75, 3.05) is 14.2 Å². The van der Waals surface area contributed by atoms with E-state index in [2.05, 4.69) is 9.47 Å². The summed E-state index contributed by atoms with van der Waals surface area (Å²) < 4.78 is 9.00. The first-order valence-corrected chi connectivity index (χ1v) is 5.67. The van der Waals surface area contributed by atoms with Crippen molar-refractivity contribution >= 4 is 11.9 Å². The second-order valence-corrected chi connectivity index (χ2v) is 3.79. The van der Waals surface area contributed by atoms with Crippen LogP contribution in [0.5, 0.6) is 0 Å². The summed E-state index contributed by atoms with van der Waals surface area (Å²) in [4.78, 5) is 21.7. The first kappa shape index (κ1) is 16.2. The summed E-state index contributed by atoms with van der Waals surface area (Å²) in [7, 11) is 2.70. The third-order valence-corrected chi connectivity index (χ3v) is 2.45. The van der Waals surface area contributed by atoms with Crippen molar-refractivity contribution < 1.29 is 19.1 Å². The van der Waals surface area contributed by atoms with Crippen LogP contribution < -0.4 is 0 Å². The largest absolute Gasteiger partial charge is 0.469 e. The molecule has 0 aliphatic rings.